The highest BCUT2D eigenvalue weighted by Crippen LogP contribution is 2.22. The Balaban J connectivity index is 2.84. The van der Waals surface area contributed by atoms with Crippen molar-refractivity contribution in [1.29, 1.82) is 0 Å². The van der Waals surface area contributed by atoms with E-state index in [1.54, 1.807) is 6.07 Å². The molecule has 1 N–H and O–H groups in total. The van der Waals surface area contributed by atoms with E-state index in [0.29, 0.717) is 11.1 Å². The van der Waals surface area contributed by atoms with Crippen molar-refractivity contribution in [2.24, 2.45) is 0 Å². The van der Waals surface area contributed by atoms with Gasteiger partial charge in [0.25, 0.3) is 5.24 Å². The highest BCUT2D eigenvalue weighted by atomic mass is 79.9. The monoisotopic (exact) mass is 258 g/mol. The molecule has 0 saturated heterocycles. The molecule has 1 aromatic heterocycles. The molecule has 2 aromatic rings. The summed E-state index contributed by atoms with van der Waals surface area (Å²) >= 11 is 8.68. The lowest BCUT2D eigenvalue weighted by Crippen LogP contribution is -1.90. The molecule has 0 unspecified atom stereocenters. The largest absolute Gasteiger partial charge is 0.345 e. The summed E-state index contributed by atoms with van der Waals surface area (Å²) in [7, 11) is 0. The van der Waals surface area contributed by atoms with Crippen molar-refractivity contribution in [2.45, 2.75) is 0 Å². The summed E-state index contributed by atoms with van der Waals surface area (Å²) in [6.45, 7) is 0. The van der Waals surface area contributed by atoms with Crippen LogP contribution in [0.2, 0.25) is 0 Å². The molecular weight excluding hydrogens is 255 g/mol. The molecule has 0 spiro atoms. The number of hydrogen-bond donors (Lipinski definition) is 1. The summed E-state index contributed by atoms with van der Waals surface area (Å²) in [5.41, 5.74) is 1.80. The number of fused-ring (bicyclic) bond motifs is 1. The lowest BCUT2D eigenvalue weighted by atomic mass is 10.2. The Labute approximate surface area is 87.2 Å². The van der Waals surface area contributed by atoms with Gasteiger partial charge >= 0.3 is 0 Å². The summed E-state index contributed by atoms with van der Waals surface area (Å²) in [5.74, 6) is 0. The van der Waals surface area contributed by atoms with Crippen LogP contribution in [0.3, 0.4) is 0 Å². The molecule has 0 fully saturated rings. The van der Waals surface area contributed by atoms with Crippen molar-refractivity contribution < 1.29 is 4.79 Å². The number of carbonyl (C=O) groups excluding carboxylic acids is 1. The van der Waals surface area contributed by atoms with Gasteiger partial charge in [0.1, 0.15) is 5.52 Å². The average Bonchev–Trinajstić information content (AvgIpc) is 2.49. The van der Waals surface area contributed by atoms with Gasteiger partial charge in [-0.2, -0.15) is 0 Å². The van der Waals surface area contributed by atoms with Crippen LogP contribution in [0.1, 0.15) is 10.4 Å². The fraction of sp³-hybridized carbons (Fsp3) is 0. The topological polar surface area (TPSA) is 45.8 Å². The molecule has 66 valence electrons. The van der Waals surface area contributed by atoms with E-state index in [0.717, 1.165) is 9.99 Å². The van der Waals surface area contributed by atoms with Gasteiger partial charge in [-0.15, -0.1) is 0 Å². The van der Waals surface area contributed by atoms with Gasteiger partial charge in [0, 0.05) is 4.47 Å². The summed E-state index contributed by atoms with van der Waals surface area (Å²) in [6.07, 6.45) is 1.53. The van der Waals surface area contributed by atoms with Crippen LogP contribution in [-0.4, -0.2) is 15.2 Å². The van der Waals surface area contributed by atoms with Crippen LogP contribution < -0.4 is 0 Å². The maximum absolute atomic E-state index is 11.0. The first-order chi connectivity index (χ1) is 6.18. The normalized spacial score (nSPS) is 10.6. The van der Waals surface area contributed by atoms with Crippen molar-refractivity contribution in [3.8, 4) is 0 Å². The summed E-state index contributed by atoms with van der Waals surface area (Å²) < 4.78 is 0.799. The molecule has 0 atom stereocenters. The Morgan fingerprint density at radius 3 is 3.00 bits per heavy atom. The van der Waals surface area contributed by atoms with E-state index in [1.807, 2.05) is 6.07 Å². The van der Waals surface area contributed by atoms with Crippen molar-refractivity contribution >= 4 is 43.8 Å². The first kappa shape index (κ1) is 8.72. The van der Waals surface area contributed by atoms with Crippen LogP contribution in [0.5, 0.6) is 0 Å². The van der Waals surface area contributed by atoms with Crippen molar-refractivity contribution in [3.63, 3.8) is 0 Å². The Bertz CT molecular complexity index is 480. The number of benzene rings is 1. The fourth-order valence-corrected chi connectivity index (χ4v) is 1.77. The minimum Gasteiger partial charge on any atom is -0.345 e. The Morgan fingerprint density at radius 1 is 1.54 bits per heavy atom. The van der Waals surface area contributed by atoms with Gasteiger partial charge in [0.2, 0.25) is 0 Å². The molecule has 0 saturated carbocycles. The quantitative estimate of drug-likeness (QED) is 0.800. The molecule has 5 heteroatoms. The maximum atomic E-state index is 11.0. The summed E-state index contributed by atoms with van der Waals surface area (Å²) in [5, 5.41) is -0.501. The standard InChI is InChI=1S/C8H4BrClN2O/c9-4-1-5(8(10)13)7-6(2-4)11-3-12-7/h1-3H,(H,11,12). The predicted octanol–water partition coefficient (Wildman–Crippen LogP) is 2.70. The van der Waals surface area contributed by atoms with E-state index in [2.05, 4.69) is 25.9 Å². The van der Waals surface area contributed by atoms with Crippen LogP contribution in [0.4, 0.5) is 0 Å². The molecule has 1 heterocycles. The third kappa shape index (κ3) is 1.47. The smallest absolute Gasteiger partial charge is 0.254 e. The zero-order valence-corrected chi connectivity index (χ0v) is 8.69. The molecule has 0 radical (unpaired) electrons. The van der Waals surface area contributed by atoms with Gasteiger partial charge in [0.05, 0.1) is 17.4 Å². The highest BCUT2D eigenvalue weighted by molar-refractivity contribution is 9.10. The Morgan fingerprint density at radius 2 is 2.31 bits per heavy atom. The van der Waals surface area contributed by atoms with Crippen LogP contribution in [0.15, 0.2) is 22.9 Å². The number of nitrogens with zero attached hydrogens (tertiary/aromatic N) is 1. The zero-order chi connectivity index (χ0) is 9.42. The molecule has 0 amide bonds. The van der Waals surface area contributed by atoms with E-state index in [1.165, 1.54) is 6.33 Å². The Kier molecular flexibility index (Phi) is 2.09. The molecule has 0 bridgehead atoms. The fourth-order valence-electron chi connectivity index (χ4n) is 1.16. The molecule has 3 nitrogen and oxygen atoms in total. The minimum absolute atomic E-state index is 0.410. The molecule has 13 heavy (non-hydrogen) atoms. The highest BCUT2D eigenvalue weighted by Gasteiger charge is 2.10. The van der Waals surface area contributed by atoms with Crippen LogP contribution in [0.25, 0.3) is 11.0 Å². The number of aromatic nitrogens is 2. The molecular formula is C8H4BrClN2O. The second kappa shape index (κ2) is 3.12. The van der Waals surface area contributed by atoms with Crippen molar-refractivity contribution in [2.75, 3.05) is 0 Å². The van der Waals surface area contributed by atoms with Gasteiger partial charge < -0.3 is 4.98 Å². The van der Waals surface area contributed by atoms with E-state index in [-0.39, 0.29) is 0 Å². The lowest BCUT2D eigenvalue weighted by Gasteiger charge is -1.96. The number of hydrogen-bond acceptors (Lipinski definition) is 2. The number of aromatic amines is 1. The second-order valence-electron chi connectivity index (χ2n) is 2.53. The van der Waals surface area contributed by atoms with Gasteiger partial charge in [-0.1, -0.05) is 15.9 Å². The molecule has 2 rings (SSSR count). The zero-order valence-electron chi connectivity index (χ0n) is 6.34. The number of halogens is 2. The first-order valence-electron chi connectivity index (χ1n) is 3.51. The number of rotatable bonds is 1. The van der Waals surface area contributed by atoms with Gasteiger partial charge in [-0.25, -0.2) is 4.98 Å². The van der Waals surface area contributed by atoms with Crippen LogP contribution in [0, 0.1) is 0 Å². The minimum atomic E-state index is -0.501. The molecule has 1 aromatic carbocycles. The number of H-pyrrole nitrogens is 1. The van der Waals surface area contributed by atoms with Crippen molar-refractivity contribution in [3.05, 3.63) is 28.5 Å². The van der Waals surface area contributed by atoms with E-state index in [4.69, 9.17) is 11.6 Å². The molecule has 0 aliphatic rings. The third-order valence-electron chi connectivity index (χ3n) is 1.70. The average molecular weight is 259 g/mol. The molecule has 0 aliphatic carbocycles. The maximum Gasteiger partial charge on any atom is 0.254 e. The van der Waals surface area contributed by atoms with Crippen LogP contribution >= 0.6 is 27.5 Å². The van der Waals surface area contributed by atoms with E-state index < -0.39 is 5.24 Å². The number of nitrogens with one attached hydrogen (secondary N) is 1. The summed E-state index contributed by atoms with van der Waals surface area (Å²) in [6, 6.07) is 3.49. The number of imidazole rings is 1. The van der Waals surface area contributed by atoms with Gasteiger partial charge in [-0.05, 0) is 23.7 Å². The van der Waals surface area contributed by atoms with E-state index >= 15 is 0 Å². The molecule has 0 aliphatic heterocycles. The predicted molar refractivity (Wildman–Crippen MR) is 54.0 cm³/mol. The Hall–Kier alpha value is -0.870. The van der Waals surface area contributed by atoms with Crippen LogP contribution in [-0.2, 0) is 0 Å². The summed E-state index contributed by atoms with van der Waals surface area (Å²) in [4.78, 5) is 17.9. The SMILES string of the molecule is O=C(Cl)c1cc(Br)cc2[nH]cnc12. The van der Waals surface area contributed by atoms with Gasteiger partial charge in [-0.3, -0.25) is 4.79 Å². The lowest BCUT2D eigenvalue weighted by molar-refractivity contribution is 0.108. The third-order valence-corrected chi connectivity index (χ3v) is 2.36. The second-order valence-corrected chi connectivity index (χ2v) is 3.78. The first-order valence-corrected chi connectivity index (χ1v) is 4.68. The van der Waals surface area contributed by atoms with Crippen molar-refractivity contribution in [1.82, 2.24) is 9.97 Å². The number of carbonyl (C=O) groups is 1. The van der Waals surface area contributed by atoms with E-state index in [9.17, 15) is 4.79 Å². The van der Waals surface area contributed by atoms with Gasteiger partial charge in [0.15, 0.2) is 0 Å².